The van der Waals surface area contributed by atoms with Crippen molar-refractivity contribution in [3.63, 3.8) is 0 Å². The monoisotopic (exact) mass is 541 g/mol. The Morgan fingerprint density at radius 1 is 1.03 bits per heavy atom. The molecule has 1 saturated heterocycles. The van der Waals surface area contributed by atoms with Crippen molar-refractivity contribution in [2.75, 3.05) is 13.1 Å². The van der Waals surface area contributed by atoms with Crippen LogP contribution in [0.5, 0.6) is 0 Å². The van der Waals surface area contributed by atoms with Crippen molar-refractivity contribution < 1.29 is 17.9 Å². The molecule has 1 fully saturated rings. The molecule has 0 unspecified atom stereocenters. The maximum absolute atomic E-state index is 13.3. The third kappa shape index (κ3) is 5.12. The zero-order valence-electron chi connectivity index (χ0n) is 17.3. The maximum Gasteiger partial charge on any atom is 0.417 e. The fourth-order valence-electron chi connectivity index (χ4n) is 2.83. The van der Waals surface area contributed by atoms with Gasteiger partial charge in [-0.25, -0.2) is 27.4 Å². The molecule has 0 bridgehead atoms. The first-order valence-corrected chi connectivity index (χ1v) is 11.9. The van der Waals surface area contributed by atoms with Crippen LogP contribution in [-0.2, 0) is 14.8 Å². The molecular formula is C21H24IN3O4S. The number of sulfonamides is 1. The number of aliphatic imine (C=N–C) groups is 1. The number of nitrogens with zero attached hydrogens (tertiary/aromatic N) is 3. The van der Waals surface area contributed by atoms with Crippen LogP contribution in [0.4, 0.5) is 10.5 Å². The molecule has 0 radical (unpaired) electrons. The van der Waals surface area contributed by atoms with Crippen molar-refractivity contribution in [1.82, 2.24) is 9.21 Å². The van der Waals surface area contributed by atoms with Gasteiger partial charge in [0.1, 0.15) is 5.60 Å². The molecule has 30 heavy (non-hydrogen) atoms. The molecule has 7 nitrogen and oxygen atoms in total. The van der Waals surface area contributed by atoms with Crippen LogP contribution in [0, 0.1) is 10.5 Å². The zero-order valence-corrected chi connectivity index (χ0v) is 20.3. The first kappa shape index (κ1) is 22.5. The van der Waals surface area contributed by atoms with E-state index in [1.165, 1.54) is 9.21 Å². The van der Waals surface area contributed by atoms with Crippen molar-refractivity contribution in [2.24, 2.45) is 4.99 Å². The Kier molecular flexibility index (Phi) is 6.42. The molecular weight excluding hydrogens is 517 g/mol. The molecule has 1 heterocycles. The van der Waals surface area contributed by atoms with Crippen molar-refractivity contribution in [3.8, 4) is 0 Å². The van der Waals surface area contributed by atoms with Crippen molar-refractivity contribution in [3.05, 3.63) is 57.7 Å². The molecule has 0 N–H and O–H groups in total. The lowest BCUT2D eigenvalue weighted by molar-refractivity contribution is 0.0385. The summed E-state index contributed by atoms with van der Waals surface area (Å²) in [5, 5.41) is 0. The summed E-state index contributed by atoms with van der Waals surface area (Å²) < 4.78 is 34.3. The number of aryl methyl sites for hydroxylation is 1. The van der Waals surface area contributed by atoms with E-state index in [4.69, 9.17) is 4.74 Å². The number of benzene rings is 2. The zero-order chi connectivity index (χ0) is 22.1. The topological polar surface area (TPSA) is 79.3 Å². The summed E-state index contributed by atoms with van der Waals surface area (Å²) in [6, 6.07) is 13.9. The van der Waals surface area contributed by atoms with E-state index in [0.29, 0.717) is 5.69 Å². The average Bonchev–Trinajstić information content (AvgIpc) is 3.07. The van der Waals surface area contributed by atoms with Gasteiger partial charge in [0, 0.05) is 3.57 Å². The van der Waals surface area contributed by atoms with Gasteiger partial charge in [-0.1, -0.05) is 17.7 Å². The van der Waals surface area contributed by atoms with E-state index >= 15 is 0 Å². The Bertz CT molecular complexity index is 1060. The Morgan fingerprint density at radius 2 is 1.63 bits per heavy atom. The molecule has 2 aromatic carbocycles. The van der Waals surface area contributed by atoms with Gasteiger partial charge in [0.05, 0.1) is 23.7 Å². The summed E-state index contributed by atoms with van der Waals surface area (Å²) in [4.78, 5) is 18.7. The highest BCUT2D eigenvalue weighted by Crippen LogP contribution is 2.26. The van der Waals surface area contributed by atoms with Gasteiger partial charge in [-0.2, -0.15) is 0 Å². The van der Waals surface area contributed by atoms with Crippen LogP contribution in [0.3, 0.4) is 0 Å². The van der Waals surface area contributed by atoms with Gasteiger partial charge in [-0.3, -0.25) is 0 Å². The number of hydrogen-bond donors (Lipinski definition) is 0. The number of hydrogen-bond acceptors (Lipinski definition) is 5. The molecule has 160 valence electrons. The Hall–Kier alpha value is -2.14. The van der Waals surface area contributed by atoms with E-state index in [1.807, 2.05) is 19.1 Å². The summed E-state index contributed by atoms with van der Waals surface area (Å²) in [5.74, 6) is 0.0334. The number of rotatable bonds is 3. The summed E-state index contributed by atoms with van der Waals surface area (Å²) in [6.45, 7) is 7.43. The highest BCUT2D eigenvalue weighted by Gasteiger charge is 2.40. The fourth-order valence-corrected chi connectivity index (χ4v) is 4.60. The summed E-state index contributed by atoms with van der Waals surface area (Å²) in [7, 11) is -3.89. The van der Waals surface area contributed by atoms with E-state index in [-0.39, 0.29) is 23.9 Å². The molecule has 3 rings (SSSR count). The Balaban J connectivity index is 2.04. The average molecular weight is 541 g/mol. The summed E-state index contributed by atoms with van der Waals surface area (Å²) in [5.41, 5.74) is 0.789. The van der Waals surface area contributed by atoms with Crippen molar-refractivity contribution in [2.45, 2.75) is 38.2 Å². The highest BCUT2D eigenvalue weighted by atomic mass is 127. The third-order valence-corrected chi connectivity index (χ3v) is 6.78. The predicted octanol–water partition coefficient (Wildman–Crippen LogP) is 4.53. The second-order valence-corrected chi connectivity index (χ2v) is 11.0. The fraction of sp³-hybridized carbons (Fsp3) is 0.333. The molecule has 0 aliphatic carbocycles. The van der Waals surface area contributed by atoms with E-state index in [9.17, 15) is 13.2 Å². The molecule has 9 heteroatoms. The molecule has 0 saturated carbocycles. The molecule has 0 atom stereocenters. The quantitative estimate of drug-likeness (QED) is 0.536. The Morgan fingerprint density at radius 3 is 2.20 bits per heavy atom. The van der Waals surface area contributed by atoms with Crippen LogP contribution in [0.1, 0.15) is 26.3 Å². The molecule has 0 spiro atoms. The largest absolute Gasteiger partial charge is 0.443 e. The Labute approximate surface area is 190 Å². The molecule has 1 amide bonds. The molecule has 2 aromatic rings. The van der Waals surface area contributed by atoms with Crippen LogP contribution in [0.2, 0.25) is 0 Å². The van der Waals surface area contributed by atoms with Gasteiger partial charge >= 0.3 is 6.09 Å². The standard InChI is InChI=1S/C21H24IN3O4S/c1-15-5-11-18(12-6-15)30(27,28)25-14-13-24(20(26)29-21(2,3)4)19(25)23-17-9-7-16(22)8-10-17/h5-12H,13-14H2,1-4H3/b23-19+. The van der Waals surface area contributed by atoms with Gasteiger partial charge in [0.15, 0.2) is 0 Å². The van der Waals surface area contributed by atoms with Gasteiger partial charge < -0.3 is 4.74 Å². The van der Waals surface area contributed by atoms with Gasteiger partial charge in [0.25, 0.3) is 10.0 Å². The highest BCUT2D eigenvalue weighted by molar-refractivity contribution is 14.1. The minimum Gasteiger partial charge on any atom is -0.443 e. The summed E-state index contributed by atoms with van der Waals surface area (Å²) in [6.07, 6.45) is -0.631. The van der Waals surface area contributed by atoms with Gasteiger partial charge in [0.2, 0.25) is 5.96 Å². The number of guanidine groups is 1. The van der Waals surface area contributed by atoms with Crippen LogP contribution in [0.25, 0.3) is 0 Å². The maximum atomic E-state index is 13.3. The lowest BCUT2D eigenvalue weighted by Gasteiger charge is -2.25. The minimum atomic E-state index is -3.89. The lowest BCUT2D eigenvalue weighted by Crippen LogP contribution is -2.42. The number of carbonyl (C=O) groups excluding carboxylic acids is 1. The first-order valence-electron chi connectivity index (χ1n) is 9.41. The lowest BCUT2D eigenvalue weighted by atomic mass is 10.2. The van der Waals surface area contributed by atoms with E-state index in [2.05, 4.69) is 27.6 Å². The van der Waals surface area contributed by atoms with E-state index < -0.39 is 21.7 Å². The second kappa shape index (κ2) is 8.54. The van der Waals surface area contributed by atoms with Crippen LogP contribution in [-0.4, -0.2) is 48.4 Å². The molecule has 0 aromatic heterocycles. The predicted molar refractivity (Wildman–Crippen MR) is 124 cm³/mol. The molecule has 1 aliphatic rings. The van der Waals surface area contributed by atoms with Crippen LogP contribution < -0.4 is 0 Å². The van der Waals surface area contributed by atoms with Crippen molar-refractivity contribution in [1.29, 1.82) is 0 Å². The minimum absolute atomic E-state index is 0.0334. The number of halogens is 1. The van der Waals surface area contributed by atoms with E-state index in [1.54, 1.807) is 57.2 Å². The number of ether oxygens (including phenoxy) is 1. The smallest absolute Gasteiger partial charge is 0.417 e. The number of amides is 1. The van der Waals surface area contributed by atoms with Gasteiger partial charge in [-0.05, 0) is 86.7 Å². The second-order valence-electron chi connectivity index (χ2n) is 7.91. The van der Waals surface area contributed by atoms with Crippen LogP contribution >= 0.6 is 22.6 Å². The van der Waals surface area contributed by atoms with E-state index in [0.717, 1.165) is 9.13 Å². The molecule has 1 aliphatic heterocycles. The van der Waals surface area contributed by atoms with Gasteiger partial charge in [-0.15, -0.1) is 0 Å². The third-order valence-electron chi connectivity index (χ3n) is 4.27. The SMILES string of the molecule is Cc1ccc(S(=O)(=O)N2CCN(C(=O)OC(C)(C)C)/C2=N\c2ccc(I)cc2)cc1. The van der Waals surface area contributed by atoms with Crippen LogP contribution in [0.15, 0.2) is 58.4 Å². The van der Waals surface area contributed by atoms with Crippen molar-refractivity contribution >= 4 is 50.4 Å². The normalized spacial score (nSPS) is 16.2. The summed E-state index contributed by atoms with van der Waals surface area (Å²) >= 11 is 2.18. The first-order chi connectivity index (χ1) is 14.0. The number of carbonyl (C=O) groups is 1.